The number of esters is 1. The van der Waals surface area contributed by atoms with Crippen molar-refractivity contribution in [3.63, 3.8) is 0 Å². The van der Waals surface area contributed by atoms with Crippen LogP contribution in [0.25, 0.3) is 0 Å². The van der Waals surface area contributed by atoms with Crippen molar-refractivity contribution in [1.82, 2.24) is 0 Å². The number of carbonyl (C=O) groups is 1. The standard InChI is InChI=1S/C30H30O4S/c1-21(20-35-25-15-9-4-10-16-25)27(31)34-30-26(23-13-7-3-8-14-23)29(30,17-22-11-5-2-6-12-22)18-24-19-32-28(30)33-24/h2-16,21,24,26,28H,17-20H2,1H3. The molecule has 3 fully saturated rings. The van der Waals surface area contributed by atoms with Crippen molar-refractivity contribution < 1.29 is 19.0 Å². The van der Waals surface area contributed by atoms with Crippen LogP contribution in [0.2, 0.25) is 0 Å². The van der Waals surface area contributed by atoms with Crippen molar-refractivity contribution in [2.24, 2.45) is 11.3 Å². The van der Waals surface area contributed by atoms with Crippen LogP contribution in [0.4, 0.5) is 0 Å². The highest BCUT2D eigenvalue weighted by molar-refractivity contribution is 7.99. The lowest BCUT2D eigenvalue weighted by atomic mass is 9.84. The molecule has 3 aliphatic rings. The maximum Gasteiger partial charge on any atom is 0.310 e. The molecule has 2 saturated heterocycles. The first-order valence-corrected chi connectivity index (χ1v) is 13.4. The van der Waals surface area contributed by atoms with Gasteiger partial charge in [-0.25, -0.2) is 0 Å². The molecule has 3 aromatic carbocycles. The van der Waals surface area contributed by atoms with E-state index >= 15 is 0 Å². The average molecular weight is 487 g/mol. The van der Waals surface area contributed by atoms with Crippen LogP contribution in [0.15, 0.2) is 95.9 Å². The summed E-state index contributed by atoms with van der Waals surface area (Å²) in [4.78, 5) is 14.7. The lowest BCUT2D eigenvalue weighted by molar-refractivity contribution is -0.210. The highest BCUT2D eigenvalue weighted by atomic mass is 32.2. The molecule has 1 aliphatic carbocycles. The van der Waals surface area contributed by atoms with E-state index in [2.05, 4.69) is 60.7 Å². The van der Waals surface area contributed by atoms with E-state index in [4.69, 9.17) is 14.2 Å². The second kappa shape index (κ2) is 9.12. The monoisotopic (exact) mass is 486 g/mol. The Morgan fingerprint density at radius 2 is 1.66 bits per heavy atom. The Hall–Kier alpha value is -2.60. The third kappa shape index (κ3) is 3.90. The van der Waals surface area contributed by atoms with E-state index in [0.717, 1.165) is 17.7 Å². The quantitative estimate of drug-likeness (QED) is 0.294. The molecule has 3 aromatic rings. The number of thioether (sulfide) groups is 1. The minimum atomic E-state index is -0.819. The van der Waals surface area contributed by atoms with Crippen LogP contribution in [-0.2, 0) is 25.4 Å². The first-order chi connectivity index (χ1) is 17.1. The van der Waals surface area contributed by atoms with E-state index < -0.39 is 11.9 Å². The van der Waals surface area contributed by atoms with Gasteiger partial charge in [0.15, 0.2) is 11.9 Å². The van der Waals surface area contributed by atoms with Crippen LogP contribution in [0.5, 0.6) is 0 Å². The van der Waals surface area contributed by atoms with Gasteiger partial charge in [-0.3, -0.25) is 4.79 Å². The number of benzene rings is 3. The largest absolute Gasteiger partial charge is 0.452 e. The van der Waals surface area contributed by atoms with Crippen molar-refractivity contribution in [2.45, 2.75) is 48.6 Å². The van der Waals surface area contributed by atoms with E-state index in [1.165, 1.54) is 11.1 Å². The molecule has 6 atom stereocenters. The molecule has 2 aliphatic heterocycles. The fraction of sp³-hybridized carbons (Fsp3) is 0.367. The van der Waals surface area contributed by atoms with Crippen LogP contribution in [-0.4, -0.2) is 36.3 Å². The van der Waals surface area contributed by atoms with Gasteiger partial charge in [-0.15, -0.1) is 11.8 Å². The zero-order valence-electron chi connectivity index (χ0n) is 19.8. The van der Waals surface area contributed by atoms with Crippen molar-refractivity contribution in [2.75, 3.05) is 12.4 Å². The zero-order valence-corrected chi connectivity index (χ0v) is 20.7. The molecule has 4 nitrogen and oxygen atoms in total. The van der Waals surface area contributed by atoms with Gasteiger partial charge in [-0.1, -0.05) is 85.8 Å². The van der Waals surface area contributed by atoms with Crippen LogP contribution in [0.1, 0.15) is 30.4 Å². The maximum absolute atomic E-state index is 13.6. The molecule has 0 radical (unpaired) electrons. The maximum atomic E-state index is 13.6. The Morgan fingerprint density at radius 1 is 1.00 bits per heavy atom. The van der Waals surface area contributed by atoms with E-state index in [-0.39, 0.29) is 29.3 Å². The molecule has 2 bridgehead atoms. The predicted molar refractivity (Wildman–Crippen MR) is 136 cm³/mol. The first kappa shape index (κ1) is 22.8. The van der Waals surface area contributed by atoms with Gasteiger partial charge in [0.25, 0.3) is 0 Å². The Bertz CT molecular complexity index is 1170. The van der Waals surface area contributed by atoms with E-state index in [0.29, 0.717) is 12.4 Å². The predicted octanol–water partition coefficient (Wildman–Crippen LogP) is 5.87. The average Bonchev–Trinajstić information content (AvgIpc) is 3.21. The van der Waals surface area contributed by atoms with Gasteiger partial charge < -0.3 is 14.2 Å². The normalized spacial score (nSPS) is 31.4. The minimum Gasteiger partial charge on any atom is -0.452 e. The van der Waals surface area contributed by atoms with Gasteiger partial charge >= 0.3 is 5.97 Å². The Labute approximate surface area is 211 Å². The fourth-order valence-electron chi connectivity index (χ4n) is 6.19. The van der Waals surface area contributed by atoms with Crippen LogP contribution < -0.4 is 0 Å². The topological polar surface area (TPSA) is 44.8 Å². The smallest absolute Gasteiger partial charge is 0.310 e. The minimum absolute atomic E-state index is 0.0321. The molecule has 0 N–H and O–H groups in total. The lowest BCUT2D eigenvalue weighted by Gasteiger charge is -2.34. The fourth-order valence-corrected chi connectivity index (χ4v) is 7.12. The molecule has 5 heteroatoms. The summed E-state index contributed by atoms with van der Waals surface area (Å²) in [6.07, 6.45) is 1.15. The van der Waals surface area contributed by atoms with E-state index in [1.54, 1.807) is 11.8 Å². The SMILES string of the molecule is CC(CSc1ccccc1)C(=O)OC12C3OCC(CC1(Cc1ccccc1)C2c1ccccc1)O3. The molecule has 180 valence electrons. The summed E-state index contributed by atoms with van der Waals surface area (Å²) in [6.45, 7) is 2.51. The highest BCUT2D eigenvalue weighted by Gasteiger charge is 2.86. The summed E-state index contributed by atoms with van der Waals surface area (Å²) in [7, 11) is 0. The lowest BCUT2D eigenvalue weighted by Crippen LogP contribution is -2.46. The Balaban J connectivity index is 1.31. The molecule has 0 spiro atoms. The van der Waals surface area contributed by atoms with Crippen molar-refractivity contribution >= 4 is 17.7 Å². The van der Waals surface area contributed by atoms with Gasteiger partial charge in [0, 0.05) is 22.0 Å². The number of rotatable bonds is 8. The summed E-state index contributed by atoms with van der Waals surface area (Å²) < 4.78 is 19.0. The molecule has 0 aromatic heterocycles. The van der Waals surface area contributed by atoms with E-state index in [1.807, 2.05) is 37.3 Å². The molecule has 2 heterocycles. The van der Waals surface area contributed by atoms with Gasteiger partial charge in [0.05, 0.1) is 18.6 Å². The van der Waals surface area contributed by atoms with Gasteiger partial charge in [0.2, 0.25) is 0 Å². The van der Waals surface area contributed by atoms with E-state index in [9.17, 15) is 4.79 Å². The number of ether oxygens (including phenoxy) is 3. The Kier molecular flexibility index (Phi) is 5.95. The molecule has 1 saturated carbocycles. The van der Waals surface area contributed by atoms with Crippen LogP contribution >= 0.6 is 11.8 Å². The second-order valence-electron chi connectivity index (χ2n) is 10.0. The van der Waals surface area contributed by atoms with Crippen molar-refractivity contribution in [1.29, 1.82) is 0 Å². The van der Waals surface area contributed by atoms with Crippen LogP contribution in [0, 0.1) is 11.3 Å². The number of fused-ring (bicyclic) bond motifs is 4. The molecule has 6 unspecified atom stereocenters. The molecule has 35 heavy (non-hydrogen) atoms. The number of hydrogen-bond donors (Lipinski definition) is 0. The first-order valence-electron chi connectivity index (χ1n) is 12.4. The van der Waals surface area contributed by atoms with Gasteiger partial charge in [0.1, 0.15) is 0 Å². The molecular formula is C30H30O4S. The van der Waals surface area contributed by atoms with Gasteiger partial charge in [-0.2, -0.15) is 0 Å². The van der Waals surface area contributed by atoms with Crippen molar-refractivity contribution in [3.05, 3.63) is 102 Å². The Morgan fingerprint density at radius 3 is 2.37 bits per heavy atom. The third-order valence-corrected chi connectivity index (χ3v) is 9.05. The highest BCUT2D eigenvalue weighted by Crippen LogP contribution is 2.78. The van der Waals surface area contributed by atoms with Gasteiger partial charge in [-0.05, 0) is 36.1 Å². The summed E-state index contributed by atoms with van der Waals surface area (Å²) in [5.41, 5.74) is 1.37. The van der Waals surface area contributed by atoms with Crippen molar-refractivity contribution in [3.8, 4) is 0 Å². The number of carbonyl (C=O) groups excluding carboxylic acids is 1. The van der Waals surface area contributed by atoms with Crippen LogP contribution in [0.3, 0.4) is 0 Å². The summed E-state index contributed by atoms with van der Waals surface area (Å²) in [5.74, 6) is 0.266. The third-order valence-electron chi connectivity index (χ3n) is 7.78. The second-order valence-corrected chi connectivity index (χ2v) is 11.1. The zero-order chi connectivity index (χ0) is 23.9. The summed E-state index contributed by atoms with van der Waals surface area (Å²) >= 11 is 1.68. The summed E-state index contributed by atoms with van der Waals surface area (Å²) in [5, 5.41) is 0. The number of hydrogen-bond acceptors (Lipinski definition) is 5. The molecular weight excluding hydrogens is 456 g/mol. The molecule has 6 rings (SSSR count). The summed E-state index contributed by atoms with van der Waals surface area (Å²) in [6, 6.07) is 31.1. The molecule has 0 amide bonds.